The molecular formula is C20H26N4O2S. The minimum Gasteiger partial charge on any atom is -0.383 e. The molecule has 0 atom stereocenters. The van der Waals surface area contributed by atoms with E-state index >= 15 is 0 Å². The normalized spacial score (nSPS) is 16.5. The number of nitrogens with zero attached hydrogens (tertiary/aromatic N) is 4. The number of carbonyl (C=O) groups is 1. The molecule has 0 bridgehead atoms. The fraction of sp³-hybridized carbons (Fsp3) is 0.550. The van der Waals surface area contributed by atoms with Gasteiger partial charge in [-0.05, 0) is 31.2 Å². The predicted molar refractivity (Wildman–Crippen MR) is 105 cm³/mol. The Kier molecular flexibility index (Phi) is 5.78. The lowest BCUT2D eigenvalue weighted by molar-refractivity contribution is -0.129. The topological polar surface area (TPSA) is 60.2 Å². The van der Waals surface area contributed by atoms with E-state index in [0.717, 1.165) is 16.5 Å². The average Bonchev–Trinajstić information content (AvgIpc) is 3.62. The van der Waals surface area contributed by atoms with Crippen molar-refractivity contribution < 1.29 is 9.53 Å². The first-order valence-corrected chi connectivity index (χ1v) is 10.6. The van der Waals surface area contributed by atoms with Crippen LogP contribution in [-0.4, -0.2) is 51.6 Å². The number of hydrogen-bond donors (Lipinski definition) is 0. The molecule has 0 radical (unpaired) electrons. The molecule has 2 aliphatic rings. The van der Waals surface area contributed by atoms with Crippen LogP contribution in [-0.2, 0) is 16.1 Å². The van der Waals surface area contributed by atoms with Crippen LogP contribution < -0.4 is 0 Å². The van der Waals surface area contributed by atoms with Gasteiger partial charge in [-0.1, -0.05) is 42.1 Å². The van der Waals surface area contributed by atoms with Crippen molar-refractivity contribution in [2.45, 2.75) is 49.3 Å². The summed E-state index contributed by atoms with van der Waals surface area (Å²) >= 11 is 1.52. The number of amides is 1. The van der Waals surface area contributed by atoms with Crippen molar-refractivity contribution in [3.63, 3.8) is 0 Å². The molecular weight excluding hydrogens is 360 g/mol. The number of benzene rings is 1. The third-order valence-electron chi connectivity index (χ3n) is 5.00. The van der Waals surface area contributed by atoms with E-state index in [-0.39, 0.29) is 5.91 Å². The SMILES string of the molecule is COCCN(Cc1ccccc1)C(=O)CSc1nnc(C2CC2)n1C1CC1. The first-order chi connectivity index (χ1) is 13.3. The van der Waals surface area contributed by atoms with E-state index < -0.39 is 0 Å². The molecule has 2 saturated carbocycles. The summed E-state index contributed by atoms with van der Waals surface area (Å²) in [6, 6.07) is 10.6. The highest BCUT2D eigenvalue weighted by molar-refractivity contribution is 7.99. The van der Waals surface area contributed by atoms with Crippen molar-refractivity contribution in [2.75, 3.05) is 26.0 Å². The first kappa shape index (κ1) is 18.5. The number of hydrogen-bond acceptors (Lipinski definition) is 5. The molecule has 6 nitrogen and oxygen atoms in total. The molecule has 0 saturated heterocycles. The Balaban J connectivity index is 1.40. The lowest BCUT2D eigenvalue weighted by Gasteiger charge is -2.22. The maximum Gasteiger partial charge on any atom is 0.233 e. The van der Waals surface area contributed by atoms with E-state index in [2.05, 4.69) is 14.8 Å². The molecule has 0 spiro atoms. The maximum atomic E-state index is 12.9. The van der Waals surface area contributed by atoms with E-state index in [1.54, 1.807) is 7.11 Å². The van der Waals surface area contributed by atoms with Crippen LogP contribution in [0.5, 0.6) is 0 Å². The molecule has 27 heavy (non-hydrogen) atoms. The number of ether oxygens (including phenoxy) is 1. The maximum absolute atomic E-state index is 12.9. The first-order valence-electron chi connectivity index (χ1n) is 9.64. The van der Waals surface area contributed by atoms with Crippen molar-refractivity contribution in [2.24, 2.45) is 0 Å². The van der Waals surface area contributed by atoms with Crippen LogP contribution >= 0.6 is 11.8 Å². The largest absolute Gasteiger partial charge is 0.383 e. The van der Waals surface area contributed by atoms with Gasteiger partial charge in [0.05, 0.1) is 12.4 Å². The molecule has 1 aromatic heterocycles. The van der Waals surface area contributed by atoms with Gasteiger partial charge in [-0.15, -0.1) is 10.2 Å². The lowest BCUT2D eigenvalue weighted by Crippen LogP contribution is -2.34. The second-order valence-electron chi connectivity index (χ2n) is 7.30. The van der Waals surface area contributed by atoms with Crippen LogP contribution in [0.25, 0.3) is 0 Å². The monoisotopic (exact) mass is 386 g/mol. The second kappa shape index (κ2) is 8.44. The minimum absolute atomic E-state index is 0.110. The molecule has 2 aliphatic carbocycles. The van der Waals surface area contributed by atoms with Gasteiger partial charge in [-0.25, -0.2) is 0 Å². The van der Waals surface area contributed by atoms with E-state index in [4.69, 9.17) is 4.74 Å². The fourth-order valence-electron chi connectivity index (χ4n) is 3.20. The Morgan fingerprint density at radius 2 is 2.00 bits per heavy atom. The van der Waals surface area contributed by atoms with Gasteiger partial charge < -0.3 is 14.2 Å². The van der Waals surface area contributed by atoms with Crippen LogP contribution in [0.3, 0.4) is 0 Å². The Labute approximate surface area is 164 Å². The zero-order valence-corrected chi connectivity index (χ0v) is 16.5. The summed E-state index contributed by atoms with van der Waals surface area (Å²) in [7, 11) is 1.66. The van der Waals surface area contributed by atoms with Crippen LogP contribution in [0.1, 0.15) is 49.0 Å². The summed E-state index contributed by atoms with van der Waals surface area (Å²) in [6.07, 6.45) is 4.84. The summed E-state index contributed by atoms with van der Waals surface area (Å²) in [4.78, 5) is 14.7. The third kappa shape index (κ3) is 4.71. The van der Waals surface area contributed by atoms with Crippen molar-refractivity contribution in [1.29, 1.82) is 0 Å². The van der Waals surface area contributed by atoms with Gasteiger partial charge in [0.1, 0.15) is 5.82 Å². The molecule has 144 valence electrons. The molecule has 0 N–H and O–H groups in total. The van der Waals surface area contributed by atoms with Gasteiger partial charge in [-0.3, -0.25) is 4.79 Å². The van der Waals surface area contributed by atoms with Gasteiger partial charge in [0, 0.05) is 32.2 Å². The number of methoxy groups -OCH3 is 1. The molecule has 2 fully saturated rings. The molecule has 7 heteroatoms. The second-order valence-corrected chi connectivity index (χ2v) is 8.24. The molecule has 1 amide bonds. The van der Waals surface area contributed by atoms with Crippen molar-refractivity contribution in [3.8, 4) is 0 Å². The molecule has 1 heterocycles. The number of aromatic nitrogens is 3. The summed E-state index contributed by atoms with van der Waals surface area (Å²) in [5.41, 5.74) is 1.13. The van der Waals surface area contributed by atoms with E-state index in [0.29, 0.717) is 37.4 Å². The molecule has 2 aromatic rings. The summed E-state index contributed by atoms with van der Waals surface area (Å²) in [6.45, 7) is 1.73. The smallest absolute Gasteiger partial charge is 0.233 e. The van der Waals surface area contributed by atoms with Gasteiger partial charge >= 0.3 is 0 Å². The number of carbonyl (C=O) groups excluding carboxylic acids is 1. The average molecular weight is 387 g/mol. The molecule has 0 unspecified atom stereocenters. The zero-order valence-electron chi connectivity index (χ0n) is 15.7. The molecule has 1 aromatic carbocycles. The Morgan fingerprint density at radius 3 is 2.67 bits per heavy atom. The van der Waals surface area contributed by atoms with Crippen molar-refractivity contribution in [3.05, 3.63) is 41.7 Å². The van der Waals surface area contributed by atoms with Crippen LogP contribution in [0.15, 0.2) is 35.5 Å². The van der Waals surface area contributed by atoms with Gasteiger partial charge in [-0.2, -0.15) is 0 Å². The lowest BCUT2D eigenvalue weighted by atomic mass is 10.2. The van der Waals surface area contributed by atoms with Crippen molar-refractivity contribution in [1.82, 2.24) is 19.7 Å². The third-order valence-corrected chi connectivity index (χ3v) is 5.93. The summed E-state index contributed by atoms with van der Waals surface area (Å²) in [5, 5.41) is 9.73. The minimum atomic E-state index is 0.110. The predicted octanol–water partition coefficient (Wildman–Crippen LogP) is 3.26. The zero-order chi connectivity index (χ0) is 18.6. The highest BCUT2D eigenvalue weighted by atomic mass is 32.2. The van der Waals surface area contributed by atoms with E-state index in [1.807, 2.05) is 35.2 Å². The van der Waals surface area contributed by atoms with E-state index in [9.17, 15) is 4.79 Å². The van der Waals surface area contributed by atoms with Crippen LogP contribution in [0.2, 0.25) is 0 Å². The summed E-state index contributed by atoms with van der Waals surface area (Å²) in [5.74, 6) is 2.21. The Bertz CT molecular complexity index is 772. The Hall–Kier alpha value is -1.86. The van der Waals surface area contributed by atoms with Crippen LogP contribution in [0, 0.1) is 0 Å². The molecule has 4 rings (SSSR count). The molecule has 0 aliphatic heterocycles. The van der Waals surface area contributed by atoms with Crippen LogP contribution in [0.4, 0.5) is 0 Å². The van der Waals surface area contributed by atoms with Gasteiger partial charge in [0.25, 0.3) is 0 Å². The quantitative estimate of drug-likeness (QED) is 0.587. The fourth-order valence-corrected chi connectivity index (χ4v) is 4.11. The highest BCUT2D eigenvalue weighted by Gasteiger charge is 2.36. The van der Waals surface area contributed by atoms with Gasteiger partial charge in [0.2, 0.25) is 5.91 Å². The Morgan fingerprint density at radius 1 is 1.22 bits per heavy atom. The standard InChI is InChI=1S/C20H26N4O2S/c1-26-12-11-23(13-15-5-3-2-4-6-15)18(25)14-27-20-22-21-19(16-7-8-16)24(20)17-9-10-17/h2-6,16-17H,7-14H2,1H3. The summed E-state index contributed by atoms with van der Waals surface area (Å²) < 4.78 is 7.49. The number of rotatable bonds is 10. The van der Waals surface area contributed by atoms with Gasteiger partial charge in [0.15, 0.2) is 5.16 Å². The van der Waals surface area contributed by atoms with E-state index in [1.165, 1.54) is 37.4 Å². The highest BCUT2D eigenvalue weighted by Crippen LogP contribution is 2.45. The van der Waals surface area contributed by atoms with Crippen molar-refractivity contribution >= 4 is 17.7 Å². The number of thioether (sulfide) groups is 1.